The van der Waals surface area contributed by atoms with E-state index in [1.54, 1.807) is 23.3 Å². The molecule has 3 rings (SSSR count). The lowest BCUT2D eigenvalue weighted by Crippen LogP contribution is -2.27. The van der Waals surface area contributed by atoms with Crippen molar-refractivity contribution >= 4 is 29.3 Å². The van der Waals surface area contributed by atoms with Crippen LogP contribution in [0.25, 0.3) is 5.95 Å². The summed E-state index contributed by atoms with van der Waals surface area (Å²) in [6, 6.07) is 0.388. The fourth-order valence-electron chi connectivity index (χ4n) is 2.44. The number of thioether (sulfide) groups is 1. The number of hydrogen-bond acceptors (Lipinski definition) is 6. The second-order valence-corrected chi connectivity index (χ2v) is 6.07. The SMILES string of the molecule is CSC1CCCC1Nc1nc(Cl)nc(-n2ccnc2)n1. The number of nitrogens with zero attached hydrogens (tertiary/aromatic N) is 5. The van der Waals surface area contributed by atoms with Gasteiger partial charge in [0, 0.05) is 23.7 Å². The summed E-state index contributed by atoms with van der Waals surface area (Å²) in [6.45, 7) is 0. The van der Waals surface area contributed by atoms with Gasteiger partial charge in [-0.05, 0) is 30.7 Å². The minimum absolute atomic E-state index is 0.185. The molecular formula is C12H15ClN6S. The normalized spacial score (nSPS) is 22.1. The predicted octanol–water partition coefficient (Wildman–Crippen LogP) is 2.41. The smallest absolute Gasteiger partial charge is 0.241 e. The summed E-state index contributed by atoms with van der Waals surface area (Å²) in [4.78, 5) is 16.7. The zero-order valence-electron chi connectivity index (χ0n) is 11.0. The topological polar surface area (TPSA) is 68.5 Å². The summed E-state index contributed by atoms with van der Waals surface area (Å²) in [7, 11) is 0. The molecule has 6 nitrogen and oxygen atoms in total. The van der Waals surface area contributed by atoms with Crippen LogP contribution in [0.1, 0.15) is 19.3 Å². The Morgan fingerprint density at radius 1 is 1.35 bits per heavy atom. The van der Waals surface area contributed by atoms with E-state index in [0.717, 1.165) is 6.42 Å². The van der Waals surface area contributed by atoms with Crippen molar-refractivity contribution in [2.75, 3.05) is 11.6 Å². The zero-order valence-corrected chi connectivity index (χ0v) is 12.6. The van der Waals surface area contributed by atoms with Crippen LogP contribution >= 0.6 is 23.4 Å². The summed E-state index contributed by atoms with van der Waals surface area (Å²) in [5.41, 5.74) is 0. The number of anilines is 1. The van der Waals surface area contributed by atoms with Gasteiger partial charge in [-0.25, -0.2) is 4.98 Å². The molecule has 2 heterocycles. The van der Waals surface area contributed by atoms with E-state index >= 15 is 0 Å². The fourth-order valence-corrected chi connectivity index (χ4v) is 3.53. The van der Waals surface area contributed by atoms with Crippen LogP contribution in [0, 0.1) is 0 Å². The molecule has 0 bridgehead atoms. The standard InChI is InChI=1S/C12H15ClN6S/c1-20-9-4-2-3-8(9)15-11-16-10(13)17-12(18-11)19-6-5-14-7-19/h5-9H,2-4H2,1H3,(H,15,16,17,18). The molecule has 106 valence electrons. The third-order valence-corrected chi connectivity index (χ3v) is 4.74. The number of nitrogens with one attached hydrogen (secondary N) is 1. The Bertz CT molecular complexity index is 575. The lowest BCUT2D eigenvalue weighted by atomic mass is 10.2. The minimum atomic E-state index is 0.185. The quantitative estimate of drug-likeness (QED) is 0.935. The molecular weight excluding hydrogens is 296 g/mol. The molecule has 0 radical (unpaired) electrons. The van der Waals surface area contributed by atoms with Crippen LogP contribution in [0.5, 0.6) is 0 Å². The maximum atomic E-state index is 5.98. The molecule has 0 aliphatic heterocycles. The van der Waals surface area contributed by atoms with Gasteiger partial charge < -0.3 is 5.32 Å². The molecule has 2 aromatic heterocycles. The Balaban J connectivity index is 1.83. The van der Waals surface area contributed by atoms with Crippen molar-refractivity contribution in [2.45, 2.75) is 30.6 Å². The number of hydrogen-bond donors (Lipinski definition) is 1. The van der Waals surface area contributed by atoms with Crippen molar-refractivity contribution in [3.8, 4) is 5.95 Å². The lowest BCUT2D eigenvalue weighted by Gasteiger charge is -2.19. The molecule has 1 saturated carbocycles. The highest BCUT2D eigenvalue weighted by Gasteiger charge is 2.27. The first kappa shape index (κ1) is 13.6. The van der Waals surface area contributed by atoms with E-state index in [1.807, 2.05) is 11.8 Å². The van der Waals surface area contributed by atoms with Crippen molar-refractivity contribution in [3.05, 3.63) is 24.0 Å². The number of halogens is 1. The van der Waals surface area contributed by atoms with Gasteiger partial charge in [0.25, 0.3) is 0 Å². The van der Waals surface area contributed by atoms with E-state index in [4.69, 9.17) is 11.6 Å². The van der Waals surface area contributed by atoms with E-state index in [0.29, 0.717) is 23.2 Å². The molecule has 0 amide bonds. The Hall–Kier alpha value is -1.34. The molecule has 8 heteroatoms. The van der Waals surface area contributed by atoms with Crippen molar-refractivity contribution in [2.24, 2.45) is 0 Å². The van der Waals surface area contributed by atoms with E-state index in [9.17, 15) is 0 Å². The highest BCUT2D eigenvalue weighted by Crippen LogP contribution is 2.30. The highest BCUT2D eigenvalue weighted by atomic mass is 35.5. The molecule has 0 aromatic carbocycles. The first-order valence-corrected chi connectivity index (χ1v) is 8.12. The predicted molar refractivity (Wildman–Crippen MR) is 80.5 cm³/mol. The van der Waals surface area contributed by atoms with E-state index < -0.39 is 0 Å². The molecule has 1 aliphatic carbocycles. The van der Waals surface area contributed by atoms with Crippen LogP contribution in [0.3, 0.4) is 0 Å². The Kier molecular flexibility index (Phi) is 4.07. The van der Waals surface area contributed by atoms with Crippen molar-refractivity contribution in [3.63, 3.8) is 0 Å². The largest absolute Gasteiger partial charge is 0.350 e. The fraction of sp³-hybridized carbons (Fsp3) is 0.500. The highest BCUT2D eigenvalue weighted by molar-refractivity contribution is 7.99. The van der Waals surface area contributed by atoms with Gasteiger partial charge in [0.05, 0.1) is 0 Å². The Labute approximate surface area is 126 Å². The van der Waals surface area contributed by atoms with E-state index in [2.05, 4.69) is 31.5 Å². The van der Waals surface area contributed by atoms with Crippen LogP contribution in [-0.4, -0.2) is 42.1 Å². The van der Waals surface area contributed by atoms with Gasteiger partial charge in [0.15, 0.2) is 0 Å². The van der Waals surface area contributed by atoms with Gasteiger partial charge in [-0.1, -0.05) is 6.42 Å². The molecule has 1 fully saturated rings. The molecule has 2 aromatic rings. The van der Waals surface area contributed by atoms with E-state index in [-0.39, 0.29) is 5.28 Å². The number of aromatic nitrogens is 5. The summed E-state index contributed by atoms with van der Waals surface area (Å²) < 4.78 is 1.71. The first-order valence-electron chi connectivity index (χ1n) is 6.45. The Morgan fingerprint density at radius 2 is 2.25 bits per heavy atom. The van der Waals surface area contributed by atoms with Gasteiger partial charge in [0.1, 0.15) is 6.33 Å². The van der Waals surface area contributed by atoms with E-state index in [1.165, 1.54) is 12.8 Å². The average Bonchev–Trinajstić information content (AvgIpc) is 3.08. The Morgan fingerprint density at radius 3 is 3.00 bits per heavy atom. The average molecular weight is 311 g/mol. The van der Waals surface area contributed by atoms with Crippen LogP contribution < -0.4 is 5.32 Å². The van der Waals surface area contributed by atoms with Crippen molar-refractivity contribution < 1.29 is 0 Å². The van der Waals surface area contributed by atoms with Gasteiger partial charge in [-0.15, -0.1) is 0 Å². The third kappa shape index (κ3) is 2.88. The summed E-state index contributed by atoms with van der Waals surface area (Å²) in [5.74, 6) is 1.00. The molecule has 20 heavy (non-hydrogen) atoms. The maximum Gasteiger partial charge on any atom is 0.241 e. The second kappa shape index (κ2) is 5.97. The van der Waals surface area contributed by atoms with Crippen molar-refractivity contribution in [1.82, 2.24) is 24.5 Å². The summed E-state index contributed by atoms with van der Waals surface area (Å²) in [5, 5.41) is 4.17. The maximum absolute atomic E-state index is 5.98. The van der Waals surface area contributed by atoms with Gasteiger partial charge >= 0.3 is 0 Å². The first-order chi connectivity index (χ1) is 9.76. The number of rotatable bonds is 4. The molecule has 0 spiro atoms. The van der Waals surface area contributed by atoms with Crippen molar-refractivity contribution in [1.29, 1.82) is 0 Å². The molecule has 1 aliphatic rings. The third-order valence-electron chi connectivity index (χ3n) is 3.40. The number of imidazole rings is 1. The second-order valence-electron chi connectivity index (χ2n) is 4.65. The van der Waals surface area contributed by atoms with Gasteiger partial charge in [-0.2, -0.15) is 26.7 Å². The zero-order chi connectivity index (χ0) is 13.9. The molecule has 2 unspecified atom stereocenters. The minimum Gasteiger partial charge on any atom is -0.350 e. The monoisotopic (exact) mass is 310 g/mol. The summed E-state index contributed by atoms with van der Waals surface area (Å²) >= 11 is 7.87. The molecule has 2 atom stereocenters. The van der Waals surface area contributed by atoms with Gasteiger partial charge in [-0.3, -0.25) is 4.57 Å². The van der Waals surface area contributed by atoms with Crippen LogP contribution in [0.4, 0.5) is 5.95 Å². The van der Waals surface area contributed by atoms with Gasteiger partial charge in [0.2, 0.25) is 17.2 Å². The molecule has 0 saturated heterocycles. The lowest BCUT2D eigenvalue weighted by molar-refractivity contribution is 0.750. The van der Waals surface area contributed by atoms with Crippen LogP contribution in [-0.2, 0) is 0 Å². The van der Waals surface area contributed by atoms with Crippen LogP contribution in [0.2, 0.25) is 5.28 Å². The molecule has 1 N–H and O–H groups in total. The van der Waals surface area contributed by atoms with Crippen LogP contribution in [0.15, 0.2) is 18.7 Å². The summed E-state index contributed by atoms with van der Waals surface area (Å²) in [6.07, 6.45) is 10.8.